The summed E-state index contributed by atoms with van der Waals surface area (Å²) < 4.78 is 29.4. The lowest BCUT2D eigenvalue weighted by molar-refractivity contribution is 0.0574. The molecule has 0 saturated heterocycles. The zero-order chi connectivity index (χ0) is 13.5. The lowest BCUT2D eigenvalue weighted by Gasteiger charge is -2.40. The van der Waals surface area contributed by atoms with Crippen molar-refractivity contribution in [3.05, 3.63) is 29.8 Å². The van der Waals surface area contributed by atoms with Crippen LogP contribution in [0.3, 0.4) is 0 Å². The Bertz CT molecular complexity index is 547. The maximum absolute atomic E-state index is 12.1. The van der Waals surface area contributed by atoms with Gasteiger partial charge in [0, 0.05) is 0 Å². The molecule has 0 aromatic heterocycles. The van der Waals surface area contributed by atoms with Crippen LogP contribution in [0.25, 0.3) is 0 Å². The molecule has 19 heavy (non-hydrogen) atoms. The van der Waals surface area contributed by atoms with E-state index < -0.39 is 10.1 Å². The van der Waals surface area contributed by atoms with Gasteiger partial charge < -0.3 is 0 Å². The molecular formula is C15H20O3S. The summed E-state index contributed by atoms with van der Waals surface area (Å²) in [6.45, 7) is 2.29. The zero-order valence-corrected chi connectivity index (χ0v) is 12.0. The van der Waals surface area contributed by atoms with Gasteiger partial charge in [0.15, 0.2) is 0 Å². The van der Waals surface area contributed by atoms with Gasteiger partial charge in [-0.2, -0.15) is 8.42 Å². The van der Waals surface area contributed by atoms with Crippen LogP contribution in [-0.4, -0.2) is 15.0 Å². The highest BCUT2D eigenvalue weighted by molar-refractivity contribution is 7.86. The summed E-state index contributed by atoms with van der Waals surface area (Å²) in [7, 11) is -3.58. The van der Waals surface area contributed by atoms with Gasteiger partial charge in [0.1, 0.15) is 0 Å². The molecule has 0 N–H and O–H groups in total. The van der Waals surface area contributed by atoms with E-state index in [1.54, 1.807) is 24.3 Å². The molecule has 3 rings (SSSR count). The van der Waals surface area contributed by atoms with Gasteiger partial charge in [-0.1, -0.05) is 30.5 Å². The van der Waals surface area contributed by atoms with Crippen molar-refractivity contribution in [1.29, 1.82) is 0 Å². The van der Waals surface area contributed by atoms with Crippen molar-refractivity contribution in [3.8, 4) is 0 Å². The van der Waals surface area contributed by atoms with Crippen molar-refractivity contribution < 1.29 is 12.6 Å². The van der Waals surface area contributed by atoms with E-state index in [1.165, 1.54) is 19.3 Å². The molecule has 2 saturated carbocycles. The fraction of sp³-hybridized carbons (Fsp3) is 0.600. The van der Waals surface area contributed by atoms with Gasteiger partial charge in [-0.3, -0.25) is 4.18 Å². The topological polar surface area (TPSA) is 43.4 Å². The van der Waals surface area contributed by atoms with Gasteiger partial charge in [-0.15, -0.1) is 0 Å². The lowest BCUT2D eigenvalue weighted by atomic mass is 9.67. The highest BCUT2D eigenvalue weighted by Crippen LogP contribution is 2.51. The summed E-state index contributed by atoms with van der Waals surface area (Å²) in [6.07, 6.45) is 5.03. The first-order valence-electron chi connectivity index (χ1n) is 7.02. The normalized spacial score (nSPS) is 29.8. The first-order valence-corrected chi connectivity index (χ1v) is 8.43. The Balaban J connectivity index is 1.61. The molecule has 2 aliphatic rings. The minimum absolute atomic E-state index is 0.264. The van der Waals surface area contributed by atoms with E-state index in [1.807, 2.05) is 6.92 Å². The van der Waals surface area contributed by atoms with E-state index in [2.05, 4.69) is 0 Å². The third-order valence-corrected chi connectivity index (χ3v) is 5.97. The maximum atomic E-state index is 12.1. The highest BCUT2D eigenvalue weighted by atomic mass is 32.2. The third-order valence-electron chi connectivity index (χ3n) is 4.68. The van der Waals surface area contributed by atoms with E-state index in [-0.39, 0.29) is 4.90 Å². The summed E-state index contributed by atoms with van der Waals surface area (Å²) in [5.74, 6) is 2.01. The number of benzene rings is 1. The maximum Gasteiger partial charge on any atom is 0.296 e. The Hall–Kier alpha value is -0.870. The molecule has 0 spiro atoms. The summed E-state index contributed by atoms with van der Waals surface area (Å²) >= 11 is 0. The number of fused-ring (bicyclic) bond motifs is 1. The van der Waals surface area contributed by atoms with E-state index in [4.69, 9.17) is 4.18 Å². The molecule has 0 amide bonds. The van der Waals surface area contributed by atoms with E-state index in [9.17, 15) is 8.42 Å². The van der Waals surface area contributed by atoms with Gasteiger partial charge >= 0.3 is 0 Å². The predicted octanol–water partition coefficient (Wildman–Crippen LogP) is 3.14. The van der Waals surface area contributed by atoms with Crippen molar-refractivity contribution in [1.82, 2.24) is 0 Å². The third kappa shape index (κ3) is 2.56. The van der Waals surface area contributed by atoms with Crippen LogP contribution in [0.5, 0.6) is 0 Å². The van der Waals surface area contributed by atoms with Gasteiger partial charge in [0.25, 0.3) is 10.1 Å². The summed E-state index contributed by atoms with van der Waals surface area (Å²) in [5, 5.41) is 0. The van der Waals surface area contributed by atoms with Gasteiger partial charge in [0.05, 0.1) is 11.5 Å². The Morgan fingerprint density at radius 1 is 1.21 bits per heavy atom. The molecule has 0 radical (unpaired) electrons. The minimum atomic E-state index is -3.58. The second-order valence-corrected chi connectivity index (χ2v) is 7.52. The average Bonchev–Trinajstić information content (AvgIpc) is 2.72. The van der Waals surface area contributed by atoms with Gasteiger partial charge in [0.2, 0.25) is 0 Å². The minimum Gasteiger partial charge on any atom is -0.266 e. The van der Waals surface area contributed by atoms with Crippen molar-refractivity contribution in [3.63, 3.8) is 0 Å². The molecule has 104 valence electrons. The van der Waals surface area contributed by atoms with Gasteiger partial charge in [-0.25, -0.2) is 0 Å². The summed E-state index contributed by atoms with van der Waals surface area (Å²) in [5.41, 5.74) is 1.05. The molecule has 1 aromatic rings. The Kier molecular flexibility index (Phi) is 3.39. The van der Waals surface area contributed by atoms with E-state index >= 15 is 0 Å². The van der Waals surface area contributed by atoms with Crippen molar-refractivity contribution in [2.75, 3.05) is 6.61 Å². The van der Waals surface area contributed by atoms with E-state index in [0.29, 0.717) is 18.4 Å². The van der Waals surface area contributed by atoms with Crippen LogP contribution in [-0.2, 0) is 14.3 Å². The number of hydrogen-bond acceptors (Lipinski definition) is 3. The van der Waals surface area contributed by atoms with Crippen LogP contribution in [0, 0.1) is 24.7 Å². The first kappa shape index (κ1) is 13.1. The standard InChI is InChI=1S/C15H20O3S/c1-11-5-7-14(8-6-11)19(16,17)18-10-13-9-12-3-2-4-15(12)13/h5-8,12-13,15H,2-4,9-10H2,1H3. The number of rotatable bonds is 4. The highest BCUT2D eigenvalue weighted by Gasteiger charge is 2.44. The van der Waals surface area contributed by atoms with Crippen LogP contribution >= 0.6 is 0 Å². The van der Waals surface area contributed by atoms with Crippen LogP contribution < -0.4 is 0 Å². The molecule has 0 heterocycles. The smallest absolute Gasteiger partial charge is 0.266 e. The van der Waals surface area contributed by atoms with Crippen LogP contribution in [0.4, 0.5) is 0 Å². The fourth-order valence-corrected chi connectivity index (χ4v) is 4.45. The summed E-state index contributed by atoms with van der Waals surface area (Å²) in [4.78, 5) is 0.264. The molecule has 0 bridgehead atoms. The molecule has 2 aliphatic carbocycles. The number of hydrogen-bond donors (Lipinski definition) is 0. The van der Waals surface area contributed by atoms with Crippen LogP contribution in [0.1, 0.15) is 31.2 Å². The molecule has 3 nitrogen and oxygen atoms in total. The molecule has 2 fully saturated rings. The lowest BCUT2D eigenvalue weighted by Crippen LogP contribution is -2.36. The monoisotopic (exact) mass is 280 g/mol. The molecule has 3 atom stereocenters. The Labute approximate surface area is 115 Å². The average molecular weight is 280 g/mol. The van der Waals surface area contributed by atoms with Gasteiger partial charge in [-0.05, 0) is 49.7 Å². The molecule has 1 aromatic carbocycles. The largest absolute Gasteiger partial charge is 0.296 e. The van der Waals surface area contributed by atoms with E-state index in [0.717, 1.165) is 17.9 Å². The van der Waals surface area contributed by atoms with Crippen LogP contribution in [0.15, 0.2) is 29.2 Å². The SMILES string of the molecule is Cc1ccc(S(=O)(=O)OCC2CC3CCCC32)cc1. The fourth-order valence-electron chi connectivity index (χ4n) is 3.49. The molecule has 0 aliphatic heterocycles. The number of aryl methyl sites for hydroxylation is 1. The Morgan fingerprint density at radius 2 is 1.95 bits per heavy atom. The zero-order valence-electron chi connectivity index (χ0n) is 11.2. The van der Waals surface area contributed by atoms with Crippen molar-refractivity contribution in [2.24, 2.45) is 17.8 Å². The molecular weight excluding hydrogens is 260 g/mol. The second kappa shape index (κ2) is 4.91. The predicted molar refractivity (Wildman–Crippen MR) is 73.3 cm³/mol. The summed E-state index contributed by atoms with van der Waals surface area (Å²) in [6, 6.07) is 6.83. The second-order valence-electron chi connectivity index (χ2n) is 5.90. The van der Waals surface area contributed by atoms with Crippen molar-refractivity contribution in [2.45, 2.75) is 37.5 Å². The Morgan fingerprint density at radius 3 is 2.63 bits per heavy atom. The molecule has 3 unspecified atom stereocenters. The first-order chi connectivity index (χ1) is 9.06. The van der Waals surface area contributed by atoms with Crippen LogP contribution in [0.2, 0.25) is 0 Å². The molecule has 4 heteroatoms. The quantitative estimate of drug-likeness (QED) is 0.796. The van der Waals surface area contributed by atoms with Crippen molar-refractivity contribution >= 4 is 10.1 Å².